The fourth-order valence-electron chi connectivity index (χ4n) is 2.01. The number of rotatable bonds is 8. The quantitative estimate of drug-likeness (QED) is 0.508. The van der Waals surface area contributed by atoms with Crippen LogP contribution < -0.4 is 5.32 Å². The molecule has 1 N–H and O–H groups in total. The van der Waals surface area contributed by atoms with E-state index in [4.69, 9.17) is 9.47 Å². The number of nitrogens with one attached hydrogen (secondary N) is 1. The van der Waals surface area contributed by atoms with E-state index in [0.717, 1.165) is 45.3 Å². The Balaban J connectivity index is 1.96. The molecule has 0 aromatic rings. The van der Waals surface area contributed by atoms with Gasteiger partial charge in [-0.25, -0.2) is 0 Å². The van der Waals surface area contributed by atoms with Crippen LogP contribution in [0.5, 0.6) is 0 Å². The summed E-state index contributed by atoms with van der Waals surface area (Å²) >= 11 is 0. The second-order valence-electron chi connectivity index (χ2n) is 4.38. The van der Waals surface area contributed by atoms with Crippen LogP contribution in [0.2, 0.25) is 0 Å². The monoisotopic (exact) mass is 227 g/mol. The summed E-state index contributed by atoms with van der Waals surface area (Å²) in [7, 11) is 0. The Morgan fingerprint density at radius 3 is 2.88 bits per heavy atom. The molecule has 0 aromatic heterocycles. The molecular weight excluding hydrogens is 202 g/mol. The van der Waals surface area contributed by atoms with Crippen molar-refractivity contribution >= 4 is 0 Å². The van der Waals surface area contributed by atoms with Gasteiger partial charge in [-0.05, 0) is 32.1 Å². The van der Waals surface area contributed by atoms with E-state index in [2.05, 4.69) is 18.8 Å². The van der Waals surface area contributed by atoms with Gasteiger partial charge in [0.15, 0.2) is 0 Å². The fraction of sp³-hybridized carbons (Fsp3) is 0.846. The minimum atomic E-state index is 0.576. The lowest BCUT2D eigenvalue weighted by Crippen LogP contribution is -2.38. The summed E-state index contributed by atoms with van der Waals surface area (Å²) in [6, 6.07) is 0.576. The Kier molecular flexibility index (Phi) is 7.47. The first-order valence-electron chi connectivity index (χ1n) is 6.34. The van der Waals surface area contributed by atoms with E-state index >= 15 is 0 Å². The summed E-state index contributed by atoms with van der Waals surface area (Å²) in [6.07, 6.45) is 5.20. The maximum Gasteiger partial charge on any atom is 0.0591 e. The minimum Gasteiger partial charge on any atom is -0.381 e. The first-order chi connectivity index (χ1) is 7.84. The van der Waals surface area contributed by atoms with E-state index in [9.17, 15) is 0 Å². The van der Waals surface area contributed by atoms with Crippen LogP contribution in [-0.2, 0) is 9.47 Å². The number of hydrogen-bond donors (Lipinski definition) is 1. The molecule has 0 amide bonds. The first kappa shape index (κ1) is 13.7. The van der Waals surface area contributed by atoms with Crippen LogP contribution in [0.15, 0.2) is 12.7 Å². The summed E-state index contributed by atoms with van der Waals surface area (Å²) in [5.74, 6) is 0.766. The van der Waals surface area contributed by atoms with E-state index in [1.807, 2.05) is 6.08 Å². The lowest BCUT2D eigenvalue weighted by atomic mass is 9.93. The van der Waals surface area contributed by atoms with Gasteiger partial charge in [0.05, 0.1) is 13.2 Å². The fourth-order valence-corrected chi connectivity index (χ4v) is 2.01. The summed E-state index contributed by atoms with van der Waals surface area (Å²) in [5, 5.41) is 3.52. The van der Waals surface area contributed by atoms with Crippen LogP contribution in [0, 0.1) is 5.92 Å². The van der Waals surface area contributed by atoms with Gasteiger partial charge in [-0.2, -0.15) is 0 Å². The Morgan fingerprint density at radius 1 is 1.44 bits per heavy atom. The molecule has 94 valence electrons. The van der Waals surface area contributed by atoms with Crippen LogP contribution in [0.3, 0.4) is 0 Å². The highest BCUT2D eigenvalue weighted by atomic mass is 16.5. The van der Waals surface area contributed by atoms with E-state index in [0.29, 0.717) is 6.04 Å². The zero-order valence-electron chi connectivity index (χ0n) is 10.4. The Bertz CT molecular complexity index is 179. The number of hydrogen-bond acceptors (Lipinski definition) is 3. The third kappa shape index (κ3) is 5.64. The normalized spacial score (nSPS) is 19.6. The molecule has 0 radical (unpaired) electrons. The average molecular weight is 227 g/mol. The van der Waals surface area contributed by atoms with Crippen LogP contribution >= 0.6 is 0 Å². The van der Waals surface area contributed by atoms with Crippen molar-refractivity contribution in [2.24, 2.45) is 5.92 Å². The summed E-state index contributed by atoms with van der Waals surface area (Å²) in [5.41, 5.74) is 0. The molecule has 1 heterocycles. The molecule has 1 rings (SSSR count). The molecule has 0 aromatic carbocycles. The predicted octanol–water partition coefficient (Wildman–Crippen LogP) is 1.98. The molecule has 3 nitrogen and oxygen atoms in total. The smallest absolute Gasteiger partial charge is 0.0591 e. The molecule has 1 aliphatic rings. The lowest BCUT2D eigenvalue weighted by molar-refractivity contribution is 0.0542. The standard InChI is InChI=1S/C13H25NO2/c1-3-4-8-15-11-7-14-12(2)13-5-9-16-10-6-13/h3,12-14H,1,4-11H2,2H3. The highest BCUT2D eigenvalue weighted by Crippen LogP contribution is 2.18. The van der Waals surface area contributed by atoms with Crippen molar-refractivity contribution in [1.82, 2.24) is 5.32 Å². The zero-order chi connectivity index (χ0) is 11.6. The molecule has 1 atom stereocenters. The molecule has 1 saturated heterocycles. The van der Waals surface area contributed by atoms with Crippen molar-refractivity contribution in [3.8, 4) is 0 Å². The van der Waals surface area contributed by atoms with Crippen LogP contribution in [0.1, 0.15) is 26.2 Å². The van der Waals surface area contributed by atoms with Crippen molar-refractivity contribution in [3.63, 3.8) is 0 Å². The molecule has 1 aliphatic heterocycles. The van der Waals surface area contributed by atoms with Crippen molar-refractivity contribution < 1.29 is 9.47 Å². The molecule has 1 fully saturated rings. The molecule has 0 spiro atoms. The van der Waals surface area contributed by atoms with Crippen molar-refractivity contribution in [2.75, 3.05) is 33.0 Å². The van der Waals surface area contributed by atoms with Gasteiger partial charge in [0.2, 0.25) is 0 Å². The van der Waals surface area contributed by atoms with Gasteiger partial charge in [0.25, 0.3) is 0 Å². The van der Waals surface area contributed by atoms with Crippen LogP contribution in [-0.4, -0.2) is 39.0 Å². The minimum absolute atomic E-state index is 0.576. The topological polar surface area (TPSA) is 30.5 Å². The van der Waals surface area contributed by atoms with Crippen molar-refractivity contribution in [1.29, 1.82) is 0 Å². The third-order valence-corrected chi connectivity index (χ3v) is 3.15. The largest absolute Gasteiger partial charge is 0.381 e. The van der Waals surface area contributed by atoms with Gasteiger partial charge >= 0.3 is 0 Å². The maximum absolute atomic E-state index is 5.45. The Hall–Kier alpha value is -0.380. The number of ether oxygens (including phenoxy) is 2. The van der Waals surface area contributed by atoms with Gasteiger partial charge in [-0.15, -0.1) is 6.58 Å². The predicted molar refractivity (Wildman–Crippen MR) is 66.6 cm³/mol. The second kappa shape index (κ2) is 8.74. The molecule has 0 aliphatic carbocycles. The van der Waals surface area contributed by atoms with Gasteiger partial charge < -0.3 is 14.8 Å². The third-order valence-electron chi connectivity index (χ3n) is 3.15. The van der Waals surface area contributed by atoms with Gasteiger partial charge in [-0.1, -0.05) is 6.08 Å². The Labute approximate surface area is 99.2 Å². The Morgan fingerprint density at radius 2 is 2.19 bits per heavy atom. The highest BCUT2D eigenvalue weighted by molar-refractivity contribution is 4.74. The van der Waals surface area contributed by atoms with E-state index in [1.165, 1.54) is 12.8 Å². The highest BCUT2D eigenvalue weighted by Gasteiger charge is 2.19. The second-order valence-corrected chi connectivity index (χ2v) is 4.38. The maximum atomic E-state index is 5.45. The van der Waals surface area contributed by atoms with E-state index in [-0.39, 0.29) is 0 Å². The molecule has 0 bridgehead atoms. The van der Waals surface area contributed by atoms with Crippen LogP contribution in [0.4, 0.5) is 0 Å². The van der Waals surface area contributed by atoms with E-state index in [1.54, 1.807) is 0 Å². The summed E-state index contributed by atoms with van der Waals surface area (Å²) in [6.45, 7) is 10.3. The first-order valence-corrected chi connectivity index (χ1v) is 6.34. The molecular formula is C13H25NO2. The lowest BCUT2D eigenvalue weighted by Gasteiger charge is -2.28. The molecule has 0 saturated carbocycles. The molecule has 16 heavy (non-hydrogen) atoms. The zero-order valence-corrected chi connectivity index (χ0v) is 10.4. The van der Waals surface area contributed by atoms with Gasteiger partial charge in [0.1, 0.15) is 0 Å². The van der Waals surface area contributed by atoms with Gasteiger partial charge in [0, 0.05) is 25.8 Å². The van der Waals surface area contributed by atoms with Gasteiger partial charge in [-0.3, -0.25) is 0 Å². The summed E-state index contributed by atoms with van der Waals surface area (Å²) < 4.78 is 10.8. The SMILES string of the molecule is C=CCCOCCNC(C)C1CCOCC1. The van der Waals surface area contributed by atoms with Crippen LogP contribution in [0.25, 0.3) is 0 Å². The average Bonchev–Trinajstić information content (AvgIpc) is 2.34. The summed E-state index contributed by atoms with van der Waals surface area (Å²) in [4.78, 5) is 0. The van der Waals surface area contributed by atoms with Crippen molar-refractivity contribution in [3.05, 3.63) is 12.7 Å². The molecule has 1 unspecified atom stereocenters. The molecule has 3 heteroatoms. The van der Waals surface area contributed by atoms with E-state index < -0.39 is 0 Å². The van der Waals surface area contributed by atoms with Crippen molar-refractivity contribution in [2.45, 2.75) is 32.2 Å².